The zero-order valence-electron chi connectivity index (χ0n) is 11.5. The number of nitrogens with zero attached hydrogens (tertiary/aromatic N) is 1. The van der Waals surface area contributed by atoms with E-state index in [1.54, 1.807) is 11.3 Å². The fourth-order valence-corrected chi connectivity index (χ4v) is 3.06. The van der Waals surface area contributed by atoms with Crippen molar-refractivity contribution in [2.75, 3.05) is 11.9 Å². The minimum Gasteiger partial charge on any atom is -0.494 e. The van der Waals surface area contributed by atoms with E-state index < -0.39 is 0 Å². The van der Waals surface area contributed by atoms with Gasteiger partial charge < -0.3 is 10.1 Å². The Kier molecular flexibility index (Phi) is 3.56. The van der Waals surface area contributed by atoms with Crippen LogP contribution in [0.2, 0.25) is 0 Å². The number of nitrogens with one attached hydrogen (secondary N) is 1. The van der Waals surface area contributed by atoms with Crippen molar-refractivity contribution in [3.05, 3.63) is 48.0 Å². The number of ether oxygens (including phenoxy) is 1. The van der Waals surface area contributed by atoms with Crippen LogP contribution in [0, 0.1) is 6.92 Å². The predicted octanol–water partition coefficient (Wildman–Crippen LogP) is 4.75. The van der Waals surface area contributed by atoms with Gasteiger partial charge in [0.2, 0.25) is 0 Å². The summed E-state index contributed by atoms with van der Waals surface area (Å²) in [5.41, 5.74) is 3.27. The highest BCUT2D eigenvalue weighted by Gasteiger charge is 2.06. The second-order valence-corrected chi connectivity index (χ2v) is 5.56. The van der Waals surface area contributed by atoms with Crippen molar-refractivity contribution >= 4 is 32.4 Å². The van der Waals surface area contributed by atoms with Gasteiger partial charge in [-0.15, -0.1) is 0 Å². The quantitative estimate of drug-likeness (QED) is 0.751. The van der Waals surface area contributed by atoms with Crippen LogP contribution in [0.4, 0.5) is 10.8 Å². The first-order chi connectivity index (χ1) is 9.76. The fraction of sp³-hybridized carbons (Fsp3) is 0.188. The van der Waals surface area contributed by atoms with Crippen molar-refractivity contribution in [2.45, 2.75) is 13.8 Å². The molecule has 0 aliphatic heterocycles. The van der Waals surface area contributed by atoms with E-state index in [0.717, 1.165) is 22.1 Å². The van der Waals surface area contributed by atoms with E-state index in [4.69, 9.17) is 4.74 Å². The highest BCUT2D eigenvalue weighted by molar-refractivity contribution is 7.22. The molecule has 2 aromatic carbocycles. The van der Waals surface area contributed by atoms with E-state index in [1.165, 1.54) is 10.3 Å². The van der Waals surface area contributed by atoms with E-state index in [0.29, 0.717) is 6.61 Å². The molecule has 0 saturated heterocycles. The highest BCUT2D eigenvalue weighted by Crippen LogP contribution is 2.30. The lowest BCUT2D eigenvalue weighted by Crippen LogP contribution is -1.93. The van der Waals surface area contributed by atoms with Gasteiger partial charge in [-0.3, -0.25) is 0 Å². The molecule has 3 aromatic rings. The molecule has 0 fully saturated rings. The molecule has 0 spiro atoms. The maximum absolute atomic E-state index is 5.51. The van der Waals surface area contributed by atoms with Gasteiger partial charge in [0.1, 0.15) is 5.75 Å². The Morgan fingerprint density at radius 3 is 2.85 bits per heavy atom. The average molecular weight is 284 g/mol. The van der Waals surface area contributed by atoms with Crippen LogP contribution >= 0.6 is 11.3 Å². The number of anilines is 2. The molecule has 0 aliphatic carbocycles. The van der Waals surface area contributed by atoms with Gasteiger partial charge in [-0.2, -0.15) is 0 Å². The second-order valence-electron chi connectivity index (χ2n) is 4.53. The van der Waals surface area contributed by atoms with Gasteiger partial charge in [0.25, 0.3) is 0 Å². The van der Waals surface area contributed by atoms with Gasteiger partial charge >= 0.3 is 0 Å². The third kappa shape index (κ3) is 2.60. The summed E-state index contributed by atoms with van der Waals surface area (Å²) in [6, 6.07) is 14.2. The van der Waals surface area contributed by atoms with Crippen molar-refractivity contribution in [1.29, 1.82) is 0 Å². The summed E-state index contributed by atoms with van der Waals surface area (Å²) in [5, 5.41) is 4.25. The molecular formula is C16H16N2OS. The van der Waals surface area contributed by atoms with Crippen molar-refractivity contribution in [2.24, 2.45) is 0 Å². The standard InChI is InChI=1S/C16H16N2OS/c1-3-19-13-8-5-7-12(10-13)17-16-18-15-11(2)6-4-9-14(15)20-16/h4-10H,3H2,1-2H3,(H,17,18). The van der Waals surface area contributed by atoms with Crippen LogP contribution in [0.5, 0.6) is 5.75 Å². The van der Waals surface area contributed by atoms with E-state index >= 15 is 0 Å². The molecule has 0 radical (unpaired) electrons. The Labute approximate surface area is 122 Å². The van der Waals surface area contributed by atoms with Crippen molar-refractivity contribution < 1.29 is 4.74 Å². The average Bonchev–Trinajstić information content (AvgIpc) is 2.83. The number of rotatable bonds is 4. The topological polar surface area (TPSA) is 34.1 Å². The van der Waals surface area contributed by atoms with E-state index in [9.17, 15) is 0 Å². The molecule has 1 aromatic heterocycles. The Morgan fingerprint density at radius 2 is 2.05 bits per heavy atom. The Morgan fingerprint density at radius 1 is 1.20 bits per heavy atom. The van der Waals surface area contributed by atoms with Crippen LogP contribution in [0.15, 0.2) is 42.5 Å². The van der Waals surface area contributed by atoms with Crippen LogP contribution in [-0.4, -0.2) is 11.6 Å². The van der Waals surface area contributed by atoms with Gasteiger partial charge in [0, 0.05) is 11.8 Å². The zero-order valence-corrected chi connectivity index (χ0v) is 12.3. The monoisotopic (exact) mass is 284 g/mol. The molecule has 0 unspecified atom stereocenters. The van der Waals surface area contributed by atoms with Crippen molar-refractivity contribution in [3.63, 3.8) is 0 Å². The summed E-state index contributed by atoms with van der Waals surface area (Å²) in [6.07, 6.45) is 0. The van der Waals surface area contributed by atoms with Gasteiger partial charge in [-0.05, 0) is 37.6 Å². The number of aromatic nitrogens is 1. The third-order valence-electron chi connectivity index (χ3n) is 3.02. The normalized spacial score (nSPS) is 10.7. The first kappa shape index (κ1) is 12.9. The number of benzene rings is 2. The second kappa shape index (κ2) is 5.51. The fourth-order valence-electron chi connectivity index (χ4n) is 2.09. The molecule has 4 heteroatoms. The van der Waals surface area contributed by atoms with Crippen molar-refractivity contribution in [3.8, 4) is 5.75 Å². The van der Waals surface area contributed by atoms with Crippen LogP contribution in [0.1, 0.15) is 12.5 Å². The van der Waals surface area contributed by atoms with Crippen LogP contribution < -0.4 is 10.1 Å². The minimum absolute atomic E-state index is 0.670. The Bertz CT molecular complexity index is 736. The first-order valence-electron chi connectivity index (χ1n) is 6.62. The highest BCUT2D eigenvalue weighted by atomic mass is 32.1. The van der Waals surface area contributed by atoms with Gasteiger partial charge in [0.05, 0.1) is 16.8 Å². The zero-order chi connectivity index (χ0) is 13.9. The van der Waals surface area contributed by atoms with Crippen molar-refractivity contribution in [1.82, 2.24) is 4.98 Å². The number of aryl methyl sites for hydroxylation is 1. The summed E-state index contributed by atoms with van der Waals surface area (Å²) in [6.45, 7) is 4.74. The molecule has 3 rings (SSSR count). The lowest BCUT2D eigenvalue weighted by Gasteiger charge is -2.06. The molecule has 20 heavy (non-hydrogen) atoms. The third-order valence-corrected chi connectivity index (χ3v) is 3.95. The lowest BCUT2D eigenvalue weighted by molar-refractivity contribution is 0.340. The molecule has 1 N–H and O–H groups in total. The molecule has 0 bridgehead atoms. The maximum atomic E-state index is 5.51. The van der Waals surface area contributed by atoms with E-state index in [2.05, 4.69) is 35.4 Å². The summed E-state index contributed by atoms with van der Waals surface area (Å²) >= 11 is 1.66. The summed E-state index contributed by atoms with van der Waals surface area (Å²) in [4.78, 5) is 4.65. The molecular weight excluding hydrogens is 268 g/mol. The van der Waals surface area contributed by atoms with E-state index in [1.807, 2.05) is 31.2 Å². The maximum Gasteiger partial charge on any atom is 0.188 e. The summed E-state index contributed by atoms with van der Waals surface area (Å²) in [7, 11) is 0. The number of para-hydroxylation sites is 1. The SMILES string of the molecule is CCOc1cccc(Nc2nc3c(C)cccc3s2)c1. The molecule has 0 saturated carbocycles. The van der Waals surface area contributed by atoms with Crippen LogP contribution in [0.25, 0.3) is 10.2 Å². The predicted molar refractivity (Wildman–Crippen MR) is 85.3 cm³/mol. The summed E-state index contributed by atoms with van der Waals surface area (Å²) < 4.78 is 6.71. The van der Waals surface area contributed by atoms with Gasteiger partial charge in [-0.25, -0.2) is 4.98 Å². The molecule has 1 heterocycles. The number of hydrogen-bond acceptors (Lipinski definition) is 4. The smallest absolute Gasteiger partial charge is 0.188 e. The lowest BCUT2D eigenvalue weighted by atomic mass is 10.2. The Hall–Kier alpha value is -2.07. The first-order valence-corrected chi connectivity index (χ1v) is 7.44. The minimum atomic E-state index is 0.670. The van der Waals surface area contributed by atoms with E-state index in [-0.39, 0.29) is 0 Å². The number of thiazole rings is 1. The molecule has 0 atom stereocenters. The number of hydrogen-bond donors (Lipinski definition) is 1. The largest absolute Gasteiger partial charge is 0.494 e. The molecule has 102 valence electrons. The van der Waals surface area contributed by atoms with Crippen LogP contribution in [-0.2, 0) is 0 Å². The molecule has 0 aliphatic rings. The summed E-state index contributed by atoms with van der Waals surface area (Å²) in [5.74, 6) is 0.870. The van der Waals surface area contributed by atoms with Gasteiger partial charge in [-0.1, -0.05) is 29.5 Å². The number of fused-ring (bicyclic) bond motifs is 1. The van der Waals surface area contributed by atoms with Gasteiger partial charge in [0.15, 0.2) is 5.13 Å². The molecule has 0 amide bonds. The van der Waals surface area contributed by atoms with Crippen LogP contribution in [0.3, 0.4) is 0 Å². The molecule has 3 nitrogen and oxygen atoms in total. The Balaban J connectivity index is 1.89.